The predicted octanol–water partition coefficient (Wildman–Crippen LogP) is 2.25. The molecule has 2 fully saturated rings. The fraction of sp³-hybridized carbons (Fsp3) is 0.700. The van der Waals surface area contributed by atoms with Crippen LogP contribution in [0.3, 0.4) is 0 Å². The standard InChI is InChI=1S/C20H32N4O2/c1-14-18(15(2)23-22-14)4-3-9-21-16-7-10-24(11-8-16)17-5-6-19-20(12-17)26-13-25-19/h5-6,12,14-16,18,21-23H,3-4,7-11,13H2,1-2H3. The lowest BCUT2D eigenvalue weighted by Crippen LogP contribution is -2.43. The molecule has 0 aromatic heterocycles. The number of rotatable bonds is 6. The number of hydrazine groups is 1. The van der Waals surface area contributed by atoms with Gasteiger partial charge in [0.1, 0.15) is 0 Å². The largest absolute Gasteiger partial charge is 0.454 e. The molecule has 3 aliphatic heterocycles. The number of piperidine rings is 1. The first-order valence-corrected chi connectivity index (χ1v) is 10.1. The van der Waals surface area contributed by atoms with Gasteiger partial charge in [-0.15, -0.1) is 0 Å². The maximum atomic E-state index is 5.50. The Morgan fingerprint density at radius 1 is 1.08 bits per heavy atom. The summed E-state index contributed by atoms with van der Waals surface area (Å²) in [7, 11) is 0. The van der Waals surface area contributed by atoms with Gasteiger partial charge in [-0.25, -0.2) is 0 Å². The molecule has 2 saturated heterocycles. The van der Waals surface area contributed by atoms with E-state index in [0.29, 0.717) is 24.9 Å². The van der Waals surface area contributed by atoms with Crippen LogP contribution in [0, 0.1) is 5.92 Å². The van der Waals surface area contributed by atoms with Crippen molar-refractivity contribution < 1.29 is 9.47 Å². The smallest absolute Gasteiger partial charge is 0.231 e. The average Bonchev–Trinajstić information content (AvgIpc) is 3.26. The first-order valence-electron chi connectivity index (χ1n) is 10.1. The molecule has 4 rings (SSSR count). The number of fused-ring (bicyclic) bond motifs is 1. The Kier molecular flexibility index (Phi) is 5.52. The van der Waals surface area contributed by atoms with Crippen molar-refractivity contribution in [1.82, 2.24) is 16.2 Å². The van der Waals surface area contributed by atoms with E-state index in [-0.39, 0.29) is 0 Å². The number of hydrogen-bond donors (Lipinski definition) is 3. The second-order valence-electron chi connectivity index (χ2n) is 7.93. The SMILES string of the molecule is CC1NNC(C)C1CCCNC1CCN(c2ccc3c(c2)OCO3)CC1. The lowest BCUT2D eigenvalue weighted by molar-refractivity contribution is 0.174. The Balaban J connectivity index is 1.17. The van der Waals surface area contributed by atoms with Crippen LogP contribution in [0.2, 0.25) is 0 Å². The minimum atomic E-state index is 0.343. The highest BCUT2D eigenvalue weighted by Gasteiger charge is 2.29. The molecule has 144 valence electrons. The zero-order valence-corrected chi connectivity index (χ0v) is 16.0. The lowest BCUT2D eigenvalue weighted by atomic mass is 9.91. The maximum Gasteiger partial charge on any atom is 0.231 e. The van der Waals surface area contributed by atoms with Crippen LogP contribution < -0.4 is 30.5 Å². The summed E-state index contributed by atoms with van der Waals surface area (Å²) in [5.74, 6) is 2.48. The molecule has 3 aliphatic rings. The van der Waals surface area contributed by atoms with Gasteiger partial charge in [-0.05, 0) is 64.1 Å². The summed E-state index contributed by atoms with van der Waals surface area (Å²) in [6.45, 7) is 8.23. The molecule has 2 atom stereocenters. The van der Waals surface area contributed by atoms with E-state index >= 15 is 0 Å². The van der Waals surface area contributed by atoms with Crippen LogP contribution in [0.15, 0.2) is 18.2 Å². The van der Waals surface area contributed by atoms with E-state index < -0.39 is 0 Å². The summed E-state index contributed by atoms with van der Waals surface area (Å²) in [5.41, 5.74) is 7.95. The first kappa shape index (κ1) is 17.9. The molecular weight excluding hydrogens is 328 g/mol. The van der Waals surface area contributed by atoms with Gasteiger partial charge in [0.25, 0.3) is 0 Å². The van der Waals surface area contributed by atoms with Gasteiger partial charge in [0.2, 0.25) is 6.79 Å². The van der Waals surface area contributed by atoms with Crippen molar-refractivity contribution in [2.24, 2.45) is 5.92 Å². The minimum absolute atomic E-state index is 0.343. The third kappa shape index (κ3) is 3.92. The highest BCUT2D eigenvalue weighted by molar-refractivity contribution is 5.57. The second-order valence-corrected chi connectivity index (χ2v) is 7.93. The molecule has 1 aromatic carbocycles. The van der Waals surface area contributed by atoms with Crippen LogP contribution in [-0.2, 0) is 0 Å². The molecule has 0 spiro atoms. The van der Waals surface area contributed by atoms with Gasteiger partial charge in [0.05, 0.1) is 0 Å². The van der Waals surface area contributed by atoms with Gasteiger partial charge in [-0.1, -0.05) is 0 Å². The Labute approximate surface area is 156 Å². The van der Waals surface area contributed by atoms with Crippen molar-refractivity contribution in [3.05, 3.63) is 18.2 Å². The van der Waals surface area contributed by atoms with Crippen LogP contribution in [-0.4, -0.2) is 44.6 Å². The number of ether oxygens (including phenoxy) is 2. The van der Waals surface area contributed by atoms with E-state index in [1.807, 2.05) is 6.07 Å². The molecule has 6 nitrogen and oxygen atoms in total. The summed E-state index contributed by atoms with van der Waals surface area (Å²) in [6, 6.07) is 8.09. The molecule has 0 saturated carbocycles. The van der Waals surface area contributed by atoms with Crippen molar-refractivity contribution in [1.29, 1.82) is 0 Å². The second kappa shape index (κ2) is 8.03. The monoisotopic (exact) mass is 360 g/mol. The Bertz CT molecular complexity index is 593. The van der Waals surface area contributed by atoms with Gasteiger partial charge >= 0.3 is 0 Å². The van der Waals surface area contributed by atoms with Gasteiger partial charge < -0.3 is 19.7 Å². The third-order valence-corrected chi connectivity index (χ3v) is 6.19. The molecular formula is C20H32N4O2. The van der Waals surface area contributed by atoms with E-state index in [2.05, 4.69) is 47.0 Å². The highest BCUT2D eigenvalue weighted by atomic mass is 16.7. The van der Waals surface area contributed by atoms with Crippen LogP contribution in [0.25, 0.3) is 0 Å². The van der Waals surface area contributed by atoms with E-state index in [1.165, 1.54) is 31.4 Å². The van der Waals surface area contributed by atoms with Crippen molar-refractivity contribution in [3.8, 4) is 11.5 Å². The van der Waals surface area contributed by atoms with Crippen molar-refractivity contribution in [2.45, 2.75) is 57.7 Å². The molecule has 3 heterocycles. The minimum Gasteiger partial charge on any atom is -0.454 e. The number of anilines is 1. The summed E-state index contributed by atoms with van der Waals surface area (Å²) in [5, 5.41) is 3.78. The number of nitrogens with zero attached hydrogens (tertiary/aromatic N) is 1. The zero-order valence-electron chi connectivity index (χ0n) is 16.0. The average molecular weight is 361 g/mol. The van der Waals surface area contributed by atoms with E-state index in [0.717, 1.165) is 37.1 Å². The molecule has 0 amide bonds. The molecule has 26 heavy (non-hydrogen) atoms. The van der Waals surface area contributed by atoms with Crippen LogP contribution in [0.5, 0.6) is 11.5 Å². The summed E-state index contributed by atoms with van der Waals surface area (Å²) in [4.78, 5) is 2.46. The maximum absolute atomic E-state index is 5.50. The van der Waals surface area contributed by atoms with E-state index in [9.17, 15) is 0 Å². The quantitative estimate of drug-likeness (QED) is 0.677. The fourth-order valence-corrected chi connectivity index (χ4v) is 4.48. The molecule has 0 aliphatic carbocycles. The van der Waals surface area contributed by atoms with Gasteiger partial charge in [-0.2, -0.15) is 0 Å². The van der Waals surface area contributed by atoms with Crippen LogP contribution in [0.4, 0.5) is 5.69 Å². The van der Waals surface area contributed by atoms with E-state index in [4.69, 9.17) is 9.47 Å². The van der Waals surface area contributed by atoms with Crippen molar-refractivity contribution >= 4 is 5.69 Å². The molecule has 3 N–H and O–H groups in total. The molecule has 1 aromatic rings. The molecule has 0 radical (unpaired) electrons. The summed E-state index contributed by atoms with van der Waals surface area (Å²) < 4.78 is 10.9. The zero-order chi connectivity index (χ0) is 17.9. The van der Waals surface area contributed by atoms with Gasteiger partial charge in [0, 0.05) is 43.0 Å². The Morgan fingerprint density at radius 2 is 1.81 bits per heavy atom. The van der Waals surface area contributed by atoms with Gasteiger partial charge in [-0.3, -0.25) is 10.9 Å². The molecule has 6 heteroatoms. The Hall–Kier alpha value is -1.50. The van der Waals surface area contributed by atoms with Crippen molar-refractivity contribution in [2.75, 3.05) is 31.3 Å². The lowest BCUT2D eigenvalue weighted by Gasteiger charge is -2.34. The third-order valence-electron chi connectivity index (χ3n) is 6.19. The fourth-order valence-electron chi connectivity index (χ4n) is 4.48. The Morgan fingerprint density at radius 3 is 2.58 bits per heavy atom. The highest BCUT2D eigenvalue weighted by Crippen LogP contribution is 2.36. The number of nitrogens with one attached hydrogen (secondary N) is 3. The van der Waals surface area contributed by atoms with Gasteiger partial charge in [0.15, 0.2) is 11.5 Å². The van der Waals surface area contributed by atoms with E-state index in [1.54, 1.807) is 0 Å². The predicted molar refractivity (Wildman–Crippen MR) is 104 cm³/mol. The normalized spacial score (nSPS) is 28.7. The number of hydrogen-bond acceptors (Lipinski definition) is 6. The molecule has 2 unspecified atom stereocenters. The summed E-state index contributed by atoms with van der Waals surface area (Å²) >= 11 is 0. The number of benzene rings is 1. The molecule has 0 bridgehead atoms. The van der Waals surface area contributed by atoms with Crippen molar-refractivity contribution in [3.63, 3.8) is 0 Å². The first-order chi connectivity index (χ1) is 12.7. The van der Waals surface area contributed by atoms with Crippen LogP contribution in [0.1, 0.15) is 39.5 Å². The topological polar surface area (TPSA) is 57.8 Å². The van der Waals surface area contributed by atoms with Crippen LogP contribution >= 0.6 is 0 Å². The summed E-state index contributed by atoms with van der Waals surface area (Å²) in [6.07, 6.45) is 4.94.